The Balaban J connectivity index is 1.53. The lowest BCUT2D eigenvalue weighted by atomic mass is 10.0. The standard InChI is InChI=1S/C23H20ClN3O2/c1-16(17-7-9-19(10-8-17)18-5-3-2-4-6-18)26-27-22(28)15-25-23(29)20-11-13-21(24)14-12-20/h2-14H,15H2,1H3,(H,25,29)(H,27,28)/b26-16-. The van der Waals surface area contributed by atoms with Crippen molar-refractivity contribution in [2.75, 3.05) is 6.54 Å². The summed E-state index contributed by atoms with van der Waals surface area (Å²) in [4.78, 5) is 24.0. The van der Waals surface area contributed by atoms with Crippen molar-refractivity contribution in [3.8, 4) is 11.1 Å². The first-order valence-electron chi connectivity index (χ1n) is 9.05. The maximum absolute atomic E-state index is 12.0. The topological polar surface area (TPSA) is 70.6 Å². The number of nitrogens with one attached hydrogen (secondary N) is 2. The van der Waals surface area contributed by atoms with Gasteiger partial charge in [-0.1, -0.05) is 66.2 Å². The summed E-state index contributed by atoms with van der Waals surface area (Å²) in [5.41, 5.74) is 6.70. The van der Waals surface area contributed by atoms with Gasteiger partial charge in [-0.15, -0.1) is 0 Å². The first-order valence-corrected chi connectivity index (χ1v) is 9.43. The highest BCUT2D eigenvalue weighted by Crippen LogP contribution is 2.19. The maximum atomic E-state index is 12.0. The molecule has 6 heteroatoms. The second kappa shape index (κ2) is 9.66. The number of benzene rings is 3. The molecule has 0 aliphatic heterocycles. The number of nitrogens with zero attached hydrogens (tertiary/aromatic N) is 1. The maximum Gasteiger partial charge on any atom is 0.259 e. The third-order valence-corrected chi connectivity index (χ3v) is 4.53. The van der Waals surface area contributed by atoms with Gasteiger partial charge < -0.3 is 5.32 Å². The first kappa shape index (κ1) is 20.3. The van der Waals surface area contributed by atoms with E-state index in [-0.39, 0.29) is 12.5 Å². The van der Waals surface area contributed by atoms with Crippen molar-refractivity contribution in [1.82, 2.24) is 10.7 Å². The number of carbonyl (C=O) groups is 2. The van der Waals surface area contributed by atoms with Gasteiger partial charge in [0.2, 0.25) is 0 Å². The zero-order valence-corrected chi connectivity index (χ0v) is 16.6. The van der Waals surface area contributed by atoms with Gasteiger partial charge in [-0.05, 0) is 47.9 Å². The first-order chi connectivity index (χ1) is 14.0. The third kappa shape index (κ3) is 5.77. The molecule has 0 fully saturated rings. The molecule has 0 bridgehead atoms. The number of hydrogen-bond acceptors (Lipinski definition) is 3. The average Bonchev–Trinajstić information content (AvgIpc) is 2.77. The van der Waals surface area contributed by atoms with Crippen molar-refractivity contribution < 1.29 is 9.59 Å². The van der Waals surface area contributed by atoms with Gasteiger partial charge in [-0.3, -0.25) is 9.59 Å². The molecular formula is C23H20ClN3O2. The van der Waals surface area contributed by atoms with Crippen molar-refractivity contribution in [2.45, 2.75) is 6.92 Å². The van der Waals surface area contributed by atoms with Gasteiger partial charge >= 0.3 is 0 Å². The highest BCUT2D eigenvalue weighted by atomic mass is 35.5. The molecule has 0 aliphatic rings. The van der Waals surface area contributed by atoms with Gasteiger partial charge in [0.1, 0.15) is 0 Å². The average molecular weight is 406 g/mol. The Morgan fingerprint density at radius 3 is 2.07 bits per heavy atom. The number of carbonyl (C=O) groups excluding carboxylic acids is 2. The highest BCUT2D eigenvalue weighted by molar-refractivity contribution is 6.30. The molecule has 0 atom stereocenters. The quantitative estimate of drug-likeness (QED) is 0.474. The van der Waals surface area contributed by atoms with Crippen molar-refractivity contribution in [2.24, 2.45) is 5.10 Å². The van der Waals surface area contributed by atoms with Crippen molar-refractivity contribution in [3.05, 3.63) is 95.0 Å². The van der Waals surface area contributed by atoms with Crippen LogP contribution in [0, 0.1) is 0 Å². The fourth-order valence-electron chi connectivity index (χ4n) is 2.65. The minimum Gasteiger partial charge on any atom is -0.343 e. The SMILES string of the molecule is C/C(=N/NC(=O)CNC(=O)c1ccc(Cl)cc1)c1ccc(-c2ccccc2)cc1. The van der Waals surface area contributed by atoms with Crippen LogP contribution >= 0.6 is 11.6 Å². The summed E-state index contributed by atoms with van der Waals surface area (Å²) in [6, 6.07) is 24.4. The minimum absolute atomic E-state index is 0.175. The van der Waals surface area contributed by atoms with Crippen molar-refractivity contribution in [3.63, 3.8) is 0 Å². The second-order valence-corrected chi connectivity index (χ2v) is 6.80. The van der Waals surface area contributed by atoms with Crippen LogP contribution in [-0.2, 0) is 4.79 Å². The van der Waals surface area contributed by atoms with E-state index in [0.717, 1.165) is 16.7 Å². The predicted molar refractivity (Wildman–Crippen MR) is 116 cm³/mol. The molecule has 0 aromatic heterocycles. The van der Waals surface area contributed by atoms with Gasteiger partial charge in [-0.2, -0.15) is 5.10 Å². The molecule has 5 nitrogen and oxygen atoms in total. The Bertz CT molecular complexity index is 1010. The van der Waals surface area contributed by atoms with Crippen LogP contribution in [0.1, 0.15) is 22.8 Å². The van der Waals surface area contributed by atoms with Crippen molar-refractivity contribution >= 4 is 29.1 Å². The Hall–Kier alpha value is -3.44. The summed E-state index contributed by atoms with van der Waals surface area (Å²) in [5.74, 6) is -0.762. The summed E-state index contributed by atoms with van der Waals surface area (Å²) in [5, 5.41) is 7.19. The van der Waals surface area contributed by atoms with Crippen LogP contribution in [-0.4, -0.2) is 24.1 Å². The van der Waals surface area contributed by atoms with Gasteiger partial charge in [0, 0.05) is 10.6 Å². The van der Waals surface area contributed by atoms with E-state index in [1.807, 2.05) is 49.4 Å². The molecule has 0 saturated carbocycles. The van der Waals surface area contributed by atoms with Crippen LogP contribution in [0.2, 0.25) is 5.02 Å². The Morgan fingerprint density at radius 2 is 1.41 bits per heavy atom. The smallest absolute Gasteiger partial charge is 0.259 e. The molecule has 0 unspecified atom stereocenters. The van der Waals surface area contributed by atoms with Gasteiger partial charge in [0.05, 0.1) is 12.3 Å². The molecular weight excluding hydrogens is 386 g/mol. The zero-order valence-electron chi connectivity index (χ0n) is 15.9. The van der Waals surface area contributed by atoms with Gasteiger partial charge in [0.15, 0.2) is 0 Å². The molecule has 0 aliphatic carbocycles. The Kier molecular flexibility index (Phi) is 6.76. The normalized spacial score (nSPS) is 11.0. The van der Waals surface area contributed by atoms with E-state index in [9.17, 15) is 9.59 Å². The lowest BCUT2D eigenvalue weighted by molar-refractivity contribution is -0.120. The Morgan fingerprint density at radius 1 is 0.828 bits per heavy atom. The molecule has 0 radical (unpaired) electrons. The number of halogens is 1. The summed E-state index contributed by atoms with van der Waals surface area (Å²) in [7, 11) is 0. The largest absolute Gasteiger partial charge is 0.343 e. The van der Waals surface area contributed by atoms with E-state index >= 15 is 0 Å². The summed E-state index contributed by atoms with van der Waals surface area (Å²) < 4.78 is 0. The second-order valence-electron chi connectivity index (χ2n) is 6.37. The number of amides is 2. The van der Waals surface area contributed by atoms with E-state index in [1.54, 1.807) is 24.3 Å². The van der Waals surface area contributed by atoms with Crippen LogP contribution in [0.3, 0.4) is 0 Å². The third-order valence-electron chi connectivity index (χ3n) is 4.27. The van der Waals surface area contributed by atoms with Crippen LogP contribution in [0.4, 0.5) is 0 Å². The molecule has 0 spiro atoms. The molecule has 3 aromatic rings. The molecule has 29 heavy (non-hydrogen) atoms. The van der Waals surface area contributed by atoms with Crippen LogP contribution in [0.25, 0.3) is 11.1 Å². The minimum atomic E-state index is -0.410. The van der Waals surface area contributed by atoms with E-state index in [2.05, 4.69) is 28.0 Å². The summed E-state index contributed by atoms with van der Waals surface area (Å²) in [6.45, 7) is 1.63. The van der Waals surface area contributed by atoms with Gasteiger partial charge in [0.25, 0.3) is 11.8 Å². The lowest BCUT2D eigenvalue weighted by Gasteiger charge is -2.06. The van der Waals surface area contributed by atoms with Crippen LogP contribution < -0.4 is 10.7 Å². The Labute approximate surface area is 174 Å². The molecule has 0 heterocycles. The molecule has 2 N–H and O–H groups in total. The molecule has 3 aromatic carbocycles. The summed E-state index contributed by atoms with van der Waals surface area (Å²) in [6.07, 6.45) is 0. The van der Waals surface area contributed by atoms with Gasteiger partial charge in [-0.25, -0.2) is 5.43 Å². The molecule has 3 rings (SSSR count). The lowest BCUT2D eigenvalue weighted by Crippen LogP contribution is -2.35. The predicted octanol–water partition coefficient (Wildman–Crippen LogP) is 4.28. The van der Waals surface area contributed by atoms with Crippen molar-refractivity contribution in [1.29, 1.82) is 0 Å². The summed E-state index contributed by atoms with van der Waals surface area (Å²) >= 11 is 5.79. The zero-order chi connectivity index (χ0) is 20.6. The van der Waals surface area contributed by atoms with E-state index in [4.69, 9.17) is 11.6 Å². The van der Waals surface area contributed by atoms with E-state index < -0.39 is 5.91 Å². The molecule has 0 saturated heterocycles. The number of rotatable bonds is 6. The monoisotopic (exact) mass is 405 g/mol. The fourth-order valence-corrected chi connectivity index (χ4v) is 2.77. The fraction of sp³-hybridized carbons (Fsp3) is 0.0870. The molecule has 2 amide bonds. The van der Waals surface area contributed by atoms with E-state index in [0.29, 0.717) is 16.3 Å². The molecule has 146 valence electrons. The number of hydrogen-bond donors (Lipinski definition) is 2. The highest BCUT2D eigenvalue weighted by Gasteiger charge is 2.08. The van der Waals surface area contributed by atoms with Crippen LogP contribution in [0.5, 0.6) is 0 Å². The van der Waals surface area contributed by atoms with Crippen LogP contribution in [0.15, 0.2) is 84.0 Å². The van der Waals surface area contributed by atoms with E-state index in [1.165, 1.54) is 0 Å². The number of hydrazone groups is 1.